The van der Waals surface area contributed by atoms with E-state index in [-0.39, 0.29) is 24.4 Å². The number of hydrogen-bond acceptors (Lipinski definition) is 4. The summed E-state index contributed by atoms with van der Waals surface area (Å²) in [5.74, 6) is 0.467. The first-order valence-corrected chi connectivity index (χ1v) is 9.52. The van der Waals surface area contributed by atoms with Crippen LogP contribution in [0.25, 0.3) is 0 Å². The second kappa shape index (κ2) is 5.85. The topological polar surface area (TPSA) is 86.7 Å². The molecule has 3 fully saturated rings. The molecule has 0 unspecified atom stereocenters. The van der Waals surface area contributed by atoms with Crippen molar-refractivity contribution in [2.45, 2.75) is 50.6 Å². The van der Waals surface area contributed by atoms with Gasteiger partial charge in [0.05, 0.1) is 12.3 Å². The maximum Gasteiger partial charge on any atom is 0.317 e. The molecule has 6 nitrogen and oxygen atoms in total. The van der Waals surface area contributed by atoms with Crippen LogP contribution in [0.1, 0.15) is 38.5 Å². The Morgan fingerprint density at radius 2 is 1.76 bits per heavy atom. The van der Waals surface area contributed by atoms with Crippen molar-refractivity contribution in [2.24, 2.45) is 11.8 Å². The number of hydrogen-bond donors (Lipinski definition) is 2. The normalized spacial score (nSPS) is 29.4. The number of rotatable bonds is 9. The molecule has 3 rings (SSSR count). The Morgan fingerprint density at radius 3 is 2.29 bits per heavy atom. The second-order valence-corrected chi connectivity index (χ2v) is 8.73. The summed E-state index contributed by atoms with van der Waals surface area (Å²) in [5, 5.41) is 8.99. The number of carboxylic acid groups (broad SMARTS) is 1. The average molecular weight is 316 g/mol. The summed E-state index contributed by atoms with van der Waals surface area (Å²) >= 11 is 0. The van der Waals surface area contributed by atoms with Crippen molar-refractivity contribution < 1.29 is 18.3 Å². The van der Waals surface area contributed by atoms with Crippen LogP contribution in [0, 0.1) is 11.8 Å². The van der Waals surface area contributed by atoms with Gasteiger partial charge in [-0.3, -0.25) is 9.69 Å². The molecule has 0 radical (unpaired) electrons. The number of sulfonamides is 1. The van der Waals surface area contributed by atoms with E-state index in [2.05, 4.69) is 4.72 Å². The lowest BCUT2D eigenvalue weighted by molar-refractivity contribution is -0.139. The van der Waals surface area contributed by atoms with Crippen LogP contribution in [0.4, 0.5) is 0 Å². The molecule has 21 heavy (non-hydrogen) atoms. The third kappa shape index (κ3) is 4.66. The molecule has 0 saturated heterocycles. The van der Waals surface area contributed by atoms with Crippen LogP contribution < -0.4 is 4.72 Å². The lowest BCUT2D eigenvalue weighted by atomic mass is 9.86. The molecule has 0 amide bonds. The van der Waals surface area contributed by atoms with E-state index < -0.39 is 16.0 Å². The van der Waals surface area contributed by atoms with Crippen LogP contribution in [-0.2, 0) is 14.8 Å². The molecule has 3 aliphatic rings. The van der Waals surface area contributed by atoms with E-state index in [0.717, 1.165) is 32.2 Å². The largest absolute Gasteiger partial charge is 0.480 e. The number of nitrogens with one attached hydrogen (secondary N) is 1. The van der Waals surface area contributed by atoms with Gasteiger partial charge < -0.3 is 5.11 Å². The van der Waals surface area contributed by atoms with E-state index in [1.807, 2.05) is 4.90 Å². The third-order valence-corrected chi connectivity index (χ3v) is 6.26. The van der Waals surface area contributed by atoms with E-state index in [1.165, 1.54) is 12.8 Å². The number of carboxylic acids is 1. The van der Waals surface area contributed by atoms with Gasteiger partial charge in [-0.15, -0.1) is 0 Å². The minimum atomic E-state index is -3.15. The van der Waals surface area contributed by atoms with Gasteiger partial charge in [0.15, 0.2) is 0 Å². The minimum absolute atomic E-state index is 0.00533. The third-order valence-electron chi connectivity index (χ3n) is 4.66. The molecule has 3 aliphatic carbocycles. The molecule has 7 heteroatoms. The second-order valence-electron chi connectivity index (χ2n) is 6.93. The predicted molar refractivity (Wildman–Crippen MR) is 78.4 cm³/mol. The first-order valence-electron chi connectivity index (χ1n) is 7.87. The van der Waals surface area contributed by atoms with E-state index >= 15 is 0 Å². The summed E-state index contributed by atoms with van der Waals surface area (Å²) in [6, 6.07) is 0.213. The van der Waals surface area contributed by atoms with E-state index in [1.54, 1.807) is 0 Å². The van der Waals surface area contributed by atoms with Gasteiger partial charge in [-0.05, 0) is 50.4 Å². The van der Waals surface area contributed by atoms with E-state index in [4.69, 9.17) is 5.11 Å². The predicted octanol–water partition coefficient (Wildman–Crippen LogP) is 0.643. The van der Waals surface area contributed by atoms with Crippen molar-refractivity contribution in [3.63, 3.8) is 0 Å². The Hall–Kier alpha value is -0.660. The summed E-state index contributed by atoms with van der Waals surface area (Å²) in [6.07, 6.45) is 5.93. The standard InChI is InChI=1S/C14H24N2O4S/c17-14(18)8-16(7-10-1-2-10)13-5-12(6-13)15-21(19,20)9-11-3-4-11/h10-13,15H,1-9H2,(H,17,18). The van der Waals surface area contributed by atoms with Gasteiger partial charge in [-0.2, -0.15) is 0 Å². The summed E-state index contributed by atoms with van der Waals surface area (Å²) in [7, 11) is -3.15. The summed E-state index contributed by atoms with van der Waals surface area (Å²) < 4.78 is 26.6. The lowest BCUT2D eigenvalue weighted by Crippen LogP contribution is -2.55. The molecule has 3 saturated carbocycles. The average Bonchev–Trinajstić information content (AvgIpc) is 3.17. The van der Waals surface area contributed by atoms with Crippen molar-refractivity contribution in [3.05, 3.63) is 0 Å². The van der Waals surface area contributed by atoms with Gasteiger partial charge >= 0.3 is 5.97 Å². The molecular weight excluding hydrogens is 292 g/mol. The highest BCUT2D eigenvalue weighted by Crippen LogP contribution is 2.34. The highest BCUT2D eigenvalue weighted by Gasteiger charge is 2.39. The quantitative estimate of drug-likeness (QED) is 0.652. The smallest absolute Gasteiger partial charge is 0.317 e. The Balaban J connectivity index is 1.44. The first kappa shape index (κ1) is 15.2. The lowest BCUT2D eigenvalue weighted by Gasteiger charge is -2.42. The summed E-state index contributed by atoms with van der Waals surface area (Å²) in [6.45, 7) is 0.918. The van der Waals surface area contributed by atoms with Gasteiger partial charge in [-0.25, -0.2) is 13.1 Å². The minimum Gasteiger partial charge on any atom is -0.480 e. The highest BCUT2D eigenvalue weighted by atomic mass is 32.2. The van der Waals surface area contributed by atoms with E-state index in [9.17, 15) is 13.2 Å². The fourth-order valence-corrected chi connectivity index (χ4v) is 4.78. The van der Waals surface area contributed by atoms with Gasteiger partial charge in [0.2, 0.25) is 10.0 Å². The van der Waals surface area contributed by atoms with Crippen LogP contribution >= 0.6 is 0 Å². The molecule has 120 valence electrons. The zero-order valence-electron chi connectivity index (χ0n) is 12.2. The Kier molecular flexibility index (Phi) is 4.25. The summed E-state index contributed by atoms with van der Waals surface area (Å²) in [4.78, 5) is 13.0. The molecule has 0 aromatic rings. The zero-order chi connectivity index (χ0) is 15.0. The van der Waals surface area contributed by atoms with E-state index in [0.29, 0.717) is 11.8 Å². The molecule has 0 heterocycles. The molecule has 0 aliphatic heterocycles. The molecule has 2 N–H and O–H groups in total. The van der Waals surface area contributed by atoms with Crippen LogP contribution in [0.2, 0.25) is 0 Å². The fourth-order valence-electron chi connectivity index (χ4n) is 3.03. The van der Waals surface area contributed by atoms with Crippen LogP contribution in [0.3, 0.4) is 0 Å². The van der Waals surface area contributed by atoms with Gasteiger partial charge in [-0.1, -0.05) is 0 Å². The van der Waals surface area contributed by atoms with Gasteiger partial charge in [0, 0.05) is 18.6 Å². The van der Waals surface area contributed by atoms with Gasteiger partial charge in [0.1, 0.15) is 0 Å². The van der Waals surface area contributed by atoms with Crippen molar-refractivity contribution in [3.8, 4) is 0 Å². The Bertz CT molecular complexity index is 493. The number of aliphatic carboxylic acids is 1. The number of nitrogens with zero attached hydrogens (tertiary/aromatic N) is 1. The van der Waals surface area contributed by atoms with Crippen LogP contribution in [0.15, 0.2) is 0 Å². The molecule has 0 atom stereocenters. The van der Waals surface area contributed by atoms with Gasteiger partial charge in [0.25, 0.3) is 0 Å². The molecule has 0 aromatic heterocycles. The molecule has 0 bridgehead atoms. The molecule has 0 aromatic carbocycles. The SMILES string of the molecule is O=C(O)CN(CC1CC1)C1CC(NS(=O)(=O)CC2CC2)C1. The van der Waals surface area contributed by atoms with Crippen molar-refractivity contribution in [1.29, 1.82) is 0 Å². The molecule has 0 spiro atoms. The maximum atomic E-state index is 11.9. The monoisotopic (exact) mass is 316 g/mol. The van der Waals surface area contributed by atoms with Crippen LogP contribution in [0.5, 0.6) is 0 Å². The summed E-state index contributed by atoms with van der Waals surface area (Å²) in [5.41, 5.74) is 0. The first-order chi connectivity index (χ1) is 9.91. The Morgan fingerprint density at radius 1 is 1.14 bits per heavy atom. The highest BCUT2D eigenvalue weighted by molar-refractivity contribution is 7.89. The maximum absolute atomic E-state index is 11.9. The molecular formula is C14H24N2O4S. The van der Waals surface area contributed by atoms with Crippen molar-refractivity contribution in [2.75, 3.05) is 18.8 Å². The Labute approximate surface area is 125 Å². The van der Waals surface area contributed by atoms with Crippen molar-refractivity contribution >= 4 is 16.0 Å². The number of carbonyl (C=O) groups is 1. The fraction of sp³-hybridized carbons (Fsp3) is 0.929. The van der Waals surface area contributed by atoms with Crippen molar-refractivity contribution in [1.82, 2.24) is 9.62 Å². The zero-order valence-corrected chi connectivity index (χ0v) is 13.0. The van der Waals surface area contributed by atoms with Crippen LogP contribution in [-0.4, -0.2) is 55.3 Å².